The van der Waals surface area contributed by atoms with Crippen LogP contribution in [0.1, 0.15) is 107 Å². The highest BCUT2D eigenvalue weighted by Crippen LogP contribution is 2.44. The zero-order valence-corrected chi connectivity index (χ0v) is 29.1. The second kappa shape index (κ2) is 26.7. The Morgan fingerprint density at radius 3 is 1.38 bits per heavy atom. The number of ether oxygens (including phenoxy) is 2. The fraction of sp³-hybridized carbons (Fsp3) is 0.931. The molecule has 0 aliphatic heterocycles. The van der Waals surface area contributed by atoms with E-state index in [1.165, 1.54) is 32.4 Å². The number of hydrogen-bond acceptors (Lipinski definition) is 15. The van der Waals surface area contributed by atoms with Crippen molar-refractivity contribution in [2.75, 3.05) is 38.9 Å². The third kappa shape index (κ3) is 21.5. The lowest BCUT2D eigenvalue weighted by Gasteiger charge is -2.36. The minimum atomic E-state index is -4.87. The van der Waals surface area contributed by atoms with Gasteiger partial charge < -0.3 is 14.6 Å². The highest BCUT2D eigenvalue weighted by atomic mass is 32.2. The summed E-state index contributed by atoms with van der Waals surface area (Å²) < 4.78 is 53.4. The van der Waals surface area contributed by atoms with Crippen molar-refractivity contribution in [3.8, 4) is 0 Å². The number of rotatable bonds is 14. The van der Waals surface area contributed by atoms with Crippen LogP contribution in [0.5, 0.6) is 0 Å². The minimum Gasteiger partial charge on any atom is -0.469 e. The van der Waals surface area contributed by atoms with Crippen LogP contribution in [-0.2, 0) is 32.5 Å². The minimum absolute atomic E-state index is 0. The Labute approximate surface area is 290 Å². The van der Waals surface area contributed by atoms with Crippen LogP contribution in [0.15, 0.2) is 0 Å². The first-order chi connectivity index (χ1) is 21.1. The van der Waals surface area contributed by atoms with Crippen molar-refractivity contribution in [2.24, 2.45) is 10.8 Å². The van der Waals surface area contributed by atoms with Gasteiger partial charge in [-0.2, -0.15) is 23.5 Å². The molecule has 0 aromatic carbocycles. The van der Waals surface area contributed by atoms with Gasteiger partial charge in [-0.05, 0) is 53.4 Å². The first kappa shape index (κ1) is 52.6. The molecular formula is C29H55F3O12S3. The summed E-state index contributed by atoms with van der Waals surface area (Å²) in [5.74, 6) is 1.08. The van der Waals surface area contributed by atoms with Gasteiger partial charge in [-0.3, -0.25) is 13.8 Å². The predicted molar refractivity (Wildman–Crippen MR) is 184 cm³/mol. The van der Waals surface area contributed by atoms with E-state index in [1.807, 2.05) is 27.7 Å². The Morgan fingerprint density at radius 1 is 0.702 bits per heavy atom. The van der Waals surface area contributed by atoms with E-state index in [4.69, 9.17) is 33.5 Å². The zero-order valence-electron chi connectivity index (χ0n) is 26.7. The van der Waals surface area contributed by atoms with Crippen LogP contribution >= 0.6 is 35.8 Å². The summed E-state index contributed by atoms with van der Waals surface area (Å²) in [5.41, 5.74) is -0.803. The van der Waals surface area contributed by atoms with Crippen molar-refractivity contribution in [2.45, 2.75) is 123 Å². The van der Waals surface area contributed by atoms with Crippen LogP contribution in [0.2, 0.25) is 0 Å². The predicted octanol–water partition coefficient (Wildman–Crippen LogP) is 8.69. The monoisotopic (exact) mass is 748 g/mol. The first-order valence-corrected chi connectivity index (χ1v) is 16.8. The van der Waals surface area contributed by atoms with Crippen LogP contribution in [-0.4, -0.2) is 71.8 Å². The molecule has 0 spiro atoms. The SMILES string of the molecule is C.C.COC(=O)C1(CSC(C)(C)CO)CCCCC1.COC(=O)C1(CSC(C)(C)COSOOC(F)(F)F)CCCCC1.O=O.O=O. The third-order valence-corrected chi connectivity index (χ3v) is 10.9. The van der Waals surface area contributed by atoms with E-state index >= 15 is 0 Å². The average Bonchev–Trinajstić information content (AvgIpc) is 3.04. The normalized spacial score (nSPS) is 16.8. The van der Waals surface area contributed by atoms with Gasteiger partial charge in [-0.15, -0.1) is 22.4 Å². The maximum atomic E-state index is 12.2. The number of carbonyl (C=O) groups is 2. The van der Waals surface area contributed by atoms with E-state index in [0.29, 0.717) is 5.75 Å². The van der Waals surface area contributed by atoms with Crippen molar-refractivity contribution in [3.63, 3.8) is 0 Å². The van der Waals surface area contributed by atoms with Gasteiger partial charge in [0.05, 0.1) is 38.3 Å². The van der Waals surface area contributed by atoms with Crippen molar-refractivity contribution < 1.29 is 50.7 Å². The number of methoxy groups -OCH3 is 2. The van der Waals surface area contributed by atoms with E-state index in [-0.39, 0.29) is 62.5 Å². The lowest BCUT2D eigenvalue weighted by molar-refractivity contribution is -0.441. The Hall–Kier alpha value is -1.18. The molecule has 2 fully saturated rings. The summed E-state index contributed by atoms with van der Waals surface area (Å²) >= 11 is 3.34. The van der Waals surface area contributed by atoms with Gasteiger partial charge in [0, 0.05) is 40.9 Å². The molecule has 12 nitrogen and oxygen atoms in total. The van der Waals surface area contributed by atoms with Crippen LogP contribution in [0, 0.1) is 30.7 Å². The molecule has 2 saturated carbocycles. The molecular weight excluding hydrogens is 694 g/mol. The van der Waals surface area contributed by atoms with Gasteiger partial charge in [0.15, 0.2) is 12.3 Å². The molecule has 2 rings (SSSR count). The van der Waals surface area contributed by atoms with E-state index < -0.39 is 16.5 Å². The van der Waals surface area contributed by atoms with Crippen LogP contribution < -0.4 is 0 Å². The first-order valence-electron chi connectivity index (χ1n) is 14.2. The number of halogens is 3. The highest BCUT2D eigenvalue weighted by molar-refractivity contribution is 8.01. The summed E-state index contributed by atoms with van der Waals surface area (Å²) in [4.78, 5) is 55.3. The molecule has 0 aromatic heterocycles. The fourth-order valence-electron chi connectivity index (χ4n) is 4.70. The van der Waals surface area contributed by atoms with Crippen molar-refractivity contribution in [3.05, 3.63) is 19.9 Å². The summed E-state index contributed by atoms with van der Waals surface area (Å²) in [7, 11) is 2.87. The van der Waals surface area contributed by atoms with E-state index in [9.17, 15) is 27.9 Å². The third-order valence-electron chi connectivity index (χ3n) is 7.33. The lowest BCUT2D eigenvalue weighted by atomic mass is 9.75. The number of alkyl halides is 3. The second-order valence-corrected chi connectivity index (χ2v) is 15.7. The van der Waals surface area contributed by atoms with Gasteiger partial charge in [0.25, 0.3) is 0 Å². The molecule has 0 amide bonds. The molecule has 0 unspecified atom stereocenters. The standard InChI is InChI=1S/C14H23F3O5S2.C13H24O3S.2CH4.2O2/c1-12(2,9-20-24-22-21-14(15,16)17)23-10-13(11(18)19-3)7-5-4-6-8-13;1-12(2,9-14)17-10-13(11(15)16-3)7-5-4-6-8-13;;;2*1-2/h4-10H2,1-3H3;14H,4-10H2,1-3H3;2*1H4;;. The molecule has 18 heteroatoms. The smallest absolute Gasteiger partial charge is 0.469 e. The van der Waals surface area contributed by atoms with Crippen molar-refractivity contribution in [1.82, 2.24) is 0 Å². The topological polar surface area (TPSA) is 169 Å². The molecule has 282 valence electrons. The Balaban J connectivity index is -0.000000356. The Kier molecular flexibility index (Phi) is 29.9. The molecule has 1 N–H and O–H groups in total. The molecule has 0 radical (unpaired) electrons. The number of aliphatic hydroxyl groups is 1. The maximum Gasteiger partial charge on any atom is 0.550 e. The van der Waals surface area contributed by atoms with Crippen LogP contribution in [0.25, 0.3) is 0 Å². The van der Waals surface area contributed by atoms with E-state index in [2.05, 4.69) is 9.22 Å². The summed E-state index contributed by atoms with van der Waals surface area (Å²) in [6.45, 7) is 8.04. The van der Waals surface area contributed by atoms with Crippen molar-refractivity contribution in [1.29, 1.82) is 0 Å². The van der Waals surface area contributed by atoms with Crippen LogP contribution in [0.4, 0.5) is 13.2 Å². The molecule has 0 aromatic rings. The average molecular weight is 749 g/mol. The highest BCUT2D eigenvalue weighted by Gasteiger charge is 2.43. The molecule has 2 aliphatic carbocycles. The van der Waals surface area contributed by atoms with Crippen molar-refractivity contribution >= 4 is 47.8 Å². The summed E-state index contributed by atoms with van der Waals surface area (Å²) in [5, 5.41) is 9.27. The molecule has 0 saturated heterocycles. The number of carbonyl (C=O) groups excluding carboxylic acids is 2. The van der Waals surface area contributed by atoms with Gasteiger partial charge in [0.1, 0.15) is 0 Å². The largest absolute Gasteiger partial charge is 0.550 e. The van der Waals surface area contributed by atoms with E-state index in [1.54, 1.807) is 11.8 Å². The number of aliphatic hydroxyl groups excluding tert-OH is 1. The van der Waals surface area contributed by atoms with E-state index in [0.717, 1.165) is 63.5 Å². The maximum absolute atomic E-state index is 12.2. The van der Waals surface area contributed by atoms with Gasteiger partial charge in [0.2, 0.25) is 0 Å². The molecule has 0 bridgehead atoms. The lowest BCUT2D eigenvalue weighted by Crippen LogP contribution is -2.38. The summed E-state index contributed by atoms with van der Waals surface area (Å²) in [6.07, 6.45) is 5.09. The second-order valence-electron chi connectivity index (χ2n) is 11.8. The Morgan fingerprint density at radius 2 is 1.06 bits per heavy atom. The van der Waals surface area contributed by atoms with Gasteiger partial charge >= 0.3 is 18.3 Å². The van der Waals surface area contributed by atoms with Gasteiger partial charge in [-0.1, -0.05) is 53.4 Å². The van der Waals surface area contributed by atoms with Crippen LogP contribution in [0.3, 0.4) is 0 Å². The zero-order chi connectivity index (χ0) is 35.2. The molecule has 0 atom stereocenters. The van der Waals surface area contributed by atoms with Gasteiger partial charge in [-0.25, -0.2) is 0 Å². The molecule has 47 heavy (non-hydrogen) atoms. The number of hydrogen-bond donors (Lipinski definition) is 1. The Bertz CT molecular complexity index is 822. The summed E-state index contributed by atoms with van der Waals surface area (Å²) in [6, 6.07) is 0. The number of thioether (sulfide) groups is 2. The fourth-order valence-corrected chi connectivity index (χ4v) is 7.64. The quantitative estimate of drug-likeness (QED) is 0.0588. The molecule has 2 aliphatic rings. The molecule has 0 heterocycles. The number of esters is 2.